The van der Waals surface area contributed by atoms with E-state index in [1.165, 1.54) is 6.07 Å². The second-order valence-corrected chi connectivity index (χ2v) is 14.0. The summed E-state index contributed by atoms with van der Waals surface area (Å²) in [6, 6.07) is 25.3. The molecule has 47 heavy (non-hydrogen) atoms. The van der Waals surface area contributed by atoms with Gasteiger partial charge in [-0.25, -0.2) is 21.3 Å². The molecule has 0 amide bonds. The predicted molar refractivity (Wildman–Crippen MR) is 178 cm³/mol. The fraction of sp³-hybridized carbons (Fsp3) is 0.114. The number of anilines is 4. The molecule has 5 aromatic carbocycles. The summed E-state index contributed by atoms with van der Waals surface area (Å²) in [6.07, 6.45) is 0. The molecule has 2 N–H and O–H groups in total. The maximum atomic E-state index is 12.6. The Morgan fingerprint density at radius 3 is 1.43 bits per heavy atom. The monoisotopic (exact) mass is 676 g/mol. The molecule has 1 aromatic heterocycles. The molecule has 0 saturated carbocycles. The van der Waals surface area contributed by atoms with Gasteiger partial charge in [0.25, 0.3) is 0 Å². The van der Waals surface area contributed by atoms with Crippen LogP contribution in [0.3, 0.4) is 0 Å². The van der Waals surface area contributed by atoms with E-state index in [0.717, 1.165) is 39.7 Å². The summed E-state index contributed by atoms with van der Waals surface area (Å²) in [6.45, 7) is 7.91. The smallest absolute Gasteiger partial charge is 0.744 e. The molecule has 12 heteroatoms. The van der Waals surface area contributed by atoms with E-state index in [2.05, 4.69) is 10.6 Å². The van der Waals surface area contributed by atoms with Crippen LogP contribution in [-0.4, -0.2) is 25.9 Å². The Balaban J connectivity index is 0.00000433. The van der Waals surface area contributed by atoms with Gasteiger partial charge in [-0.2, -0.15) is 0 Å². The first-order chi connectivity index (χ1) is 21.7. The Bertz CT molecular complexity index is 2280. The molecule has 0 saturated heterocycles. The molecule has 9 nitrogen and oxygen atoms in total. The third-order valence-corrected chi connectivity index (χ3v) is 9.71. The van der Waals surface area contributed by atoms with Crippen LogP contribution in [0.5, 0.6) is 0 Å². The third kappa shape index (κ3) is 6.93. The predicted octanol–water partition coefficient (Wildman–Crippen LogP) is 5.07. The van der Waals surface area contributed by atoms with Gasteiger partial charge in [0, 0.05) is 46.0 Å². The van der Waals surface area contributed by atoms with Gasteiger partial charge < -0.3 is 19.7 Å². The normalized spacial score (nSPS) is 11.8. The molecule has 6 rings (SSSR count). The van der Waals surface area contributed by atoms with Gasteiger partial charge in [-0.3, -0.25) is 0 Å². The Kier molecular flexibility index (Phi) is 9.55. The number of rotatable bonds is 7. The number of hydrogen-bond acceptors (Lipinski definition) is 8. The van der Waals surface area contributed by atoms with Crippen molar-refractivity contribution in [2.24, 2.45) is 0 Å². The molecule has 0 unspecified atom stereocenters. The number of nitrogens with one attached hydrogen (secondary N) is 2. The van der Waals surface area contributed by atoms with E-state index in [1.807, 2.05) is 76.2 Å². The average molecular weight is 677 g/mol. The molecule has 0 aliphatic rings. The summed E-state index contributed by atoms with van der Waals surface area (Å²) in [5.74, 6) is 0. The average Bonchev–Trinajstić information content (AvgIpc) is 2.98. The van der Waals surface area contributed by atoms with E-state index < -0.39 is 30.0 Å². The molecule has 0 aliphatic carbocycles. The number of aryl methyl sites for hydroxylation is 4. The quantitative estimate of drug-likeness (QED) is 0.102. The second-order valence-electron chi connectivity index (χ2n) is 11.2. The van der Waals surface area contributed by atoms with E-state index in [-0.39, 0.29) is 35.1 Å². The number of para-hydroxylation sites is 2. The van der Waals surface area contributed by atoms with E-state index in [0.29, 0.717) is 44.9 Å². The van der Waals surface area contributed by atoms with Crippen molar-refractivity contribution in [2.75, 3.05) is 10.6 Å². The molecular weight excluding hydrogens is 648 g/mol. The van der Waals surface area contributed by atoms with E-state index >= 15 is 0 Å². The standard InChI is InChI=1S/C35H30N2O7S2.Na/c1-20-7-5-8-21(2)34(20)36-24-11-15-30-28(17-24)33(27-14-13-26(45(38,39)40)19-32(27)46(41,42)43)29-18-25(12-16-31(29)44-30)37-35-22(3)9-6-10-23(35)4;/h5-19,36-37H,1-4H3,(H-,38,39,40,41,42,43);/q;+1/p-1. The molecule has 0 aliphatic heterocycles. The topological polar surface area (TPSA) is 150 Å². The van der Waals surface area contributed by atoms with Crippen molar-refractivity contribution >= 4 is 64.9 Å². The van der Waals surface area contributed by atoms with Crippen molar-refractivity contribution in [1.29, 1.82) is 0 Å². The minimum Gasteiger partial charge on any atom is -0.744 e. The summed E-state index contributed by atoms with van der Waals surface area (Å²) < 4.78 is 79.8. The van der Waals surface area contributed by atoms with Crippen LogP contribution in [-0.2, 0) is 20.2 Å². The molecule has 0 spiro atoms. The van der Waals surface area contributed by atoms with Gasteiger partial charge in [0.15, 0.2) is 0 Å². The van der Waals surface area contributed by atoms with Gasteiger partial charge in [-0.05, 0) is 86.3 Å². The molecule has 0 atom stereocenters. The van der Waals surface area contributed by atoms with Gasteiger partial charge in [0.05, 0.1) is 20.6 Å². The van der Waals surface area contributed by atoms with Crippen molar-refractivity contribution < 1.29 is 59.9 Å². The molecule has 234 valence electrons. The molecule has 1 heterocycles. The fourth-order valence-corrected chi connectivity index (χ4v) is 7.00. The molecular formula is C35H29N2NaO7S2. The zero-order chi connectivity index (χ0) is 33.0. The first kappa shape index (κ1) is 34.5. The van der Waals surface area contributed by atoms with Gasteiger partial charge in [0.1, 0.15) is 20.2 Å². The van der Waals surface area contributed by atoms with Gasteiger partial charge in [-0.1, -0.05) is 42.5 Å². The molecule has 0 bridgehead atoms. The van der Waals surface area contributed by atoms with Crippen molar-refractivity contribution in [3.05, 3.63) is 113 Å². The third-order valence-electron chi connectivity index (χ3n) is 8.00. The van der Waals surface area contributed by atoms with Crippen molar-refractivity contribution in [3.8, 4) is 11.1 Å². The summed E-state index contributed by atoms with van der Waals surface area (Å²) in [5.41, 5.74) is 8.20. The van der Waals surface area contributed by atoms with Gasteiger partial charge >= 0.3 is 40.7 Å². The largest absolute Gasteiger partial charge is 1.00 e. The number of fused-ring (bicyclic) bond motifs is 2. The minimum absolute atomic E-state index is 0. The summed E-state index contributed by atoms with van der Waals surface area (Å²) in [7, 11) is -10.3. The molecule has 0 fully saturated rings. The van der Waals surface area contributed by atoms with Gasteiger partial charge in [-0.15, -0.1) is 0 Å². The SMILES string of the molecule is Cc1cccc(C)c1Nc1ccc2[o+]c3ccc(Nc4c(C)cccc4C)cc3c(-c3ccc(S(=O)(=O)[O-])cc3S(=O)(=O)[O-])c2c1.[Na+]. The van der Waals surface area contributed by atoms with Crippen molar-refractivity contribution in [3.63, 3.8) is 0 Å². The van der Waals surface area contributed by atoms with Crippen LogP contribution in [0.1, 0.15) is 22.3 Å². The maximum Gasteiger partial charge on any atom is 1.00 e. The van der Waals surface area contributed by atoms with Crippen LogP contribution in [0.25, 0.3) is 33.1 Å². The molecule has 0 radical (unpaired) electrons. The van der Waals surface area contributed by atoms with Crippen LogP contribution in [0.4, 0.5) is 22.7 Å². The Morgan fingerprint density at radius 1 is 0.574 bits per heavy atom. The number of hydrogen-bond donors (Lipinski definition) is 2. The van der Waals surface area contributed by atoms with Crippen LogP contribution < -0.4 is 40.2 Å². The maximum absolute atomic E-state index is 12.6. The Morgan fingerprint density at radius 2 is 1.02 bits per heavy atom. The van der Waals surface area contributed by atoms with Crippen molar-refractivity contribution in [2.45, 2.75) is 37.5 Å². The minimum atomic E-state index is -5.26. The second kappa shape index (κ2) is 13.0. The summed E-state index contributed by atoms with van der Waals surface area (Å²) in [4.78, 5) is -1.66. The zero-order valence-electron chi connectivity index (χ0n) is 26.3. The number of benzene rings is 5. The van der Waals surface area contributed by atoms with Crippen LogP contribution in [0.2, 0.25) is 0 Å². The van der Waals surface area contributed by atoms with Crippen molar-refractivity contribution in [1.82, 2.24) is 0 Å². The first-order valence-corrected chi connectivity index (χ1v) is 17.1. The van der Waals surface area contributed by atoms with Crippen LogP contribution >= 0.6 is 0 Å². The Labute approximate surface area is 295 Å². The first-order valence-electron chi connectivity index (χ1n) is 14.3. The summed E-state index contributed by atoms with van der Waals surface area (Å²) >= 11 is 0. The van der Waals surface area contributed by atoms with Crippen LogP contribution in [0.15, 0.2) is 105 Å². The summed E-state index contributed by atoms with van der Waals surface area (Å²) in [5, 5.41) is 7.78. The molecule has 6 aromatic rings. The van der Waals surface area contributed by atoms with Gasteiger partial charge in [0.2, 0.25) is 0 Å². The van der Waals surface area contributed by atoms with E-state index in [9.17, 15) is 25.9 Å². The fourth-order valence-electron chi connectivity index (χ4n) is 5.72. The van der Waals surface area contributed by atoms with E-state index in [1.54, 1.807) is 24.3 Å². The zero-order valence-corrected chi connectivity index (χ0v) is 30.0. The van der Waals surface area contributed by atoms with Crippen LogP contribution in [0, 0.1) is 27.7 Å². The Hall–Kier alpha value is -3.81. The van der Waals surface area contributed by atoms with E-state index in [4.69, 9.17) is 4.42 Å².